The first kappa shape index (κ1) is 21.2. The topological polar surface area (TPSA) is 48.1 Å². The molecule has 4 rings (SSSR count). The molecule has 3 fully saturated rings. The van der Waals surface area contributed by atoms with Gasteiger partial charge in [0.15, 0.2) is 0 Å². The van der Waals surface area contributed by atoms with E-state index >= 15 is 0 Å². The third-order valence-corrected chi connectivity index (χ3v) is 7.04. The van der Waals surface area contributed by atoms with E-state index in [1.54, 1.807) is 18.2 Å². The molecule has 0 radical (unpaired) electrons. The number of nitrogens with zero attached hydrogens (tertiary/aromatic N) is 3. The van der Waals surface area contributed by atoms with Crippen molar-refractivity contribution in [1.29, 1.82) is 0 Å². The highest BCUT2D eigenvalue weighted by molar-refractivity contribution is 6.42. The van der Waals surface area contributed by atoms with Gasteiger partial charge in [-0.3, -0.25) is 9.80 Å². The van der Waals surface area contributed by atoms with E-state index < -0.39 is 0 Å². The third-order valence-electron chi connectivity index (χ3n) is 6.30. The van der Waals surface area contributed by atoms with Crippen molar-refractivity contribution in [2.24, 2.45) is 0 Å². The Bertz CT molecular complexity index is 706. The van der Waals surface area contributed by atoms with E-state index in [2.05, 4.69) is 15.1 Å². The molecular formula is C21H30Cl2N4O2. The first-order valence-electron chi connectivity index (χ1n) is 10.7. The van der Waals surface area contributed by atoms with Crippen molar-refractivity contribution in [3.8, 4) is 0 Å². The number of amides is 2. The molecule has 3 aliphatic rings. The normalized spacial score (nSPS) is 24.8. The molecule has 1 atom stereocenters. The number of piperazine rings is 1. The number of anilines is 1. The summed E-state index contributed by atoms with van der Waals surface area (Å²) in [5.74, 6) is 0. The first-order chi connectivity index (χ1) is 14.1. The number of carbonyl (C=O) groups excluding carboxylic acids is 1. The van der Waals surface area contributed by atoms with Crippen LogP contribution in [0.15, 0.2) is 18.2 Å². The molecule has 6 nitrogen and oxygen atoms in total. The van der Waals surface area contributed by atoms with Crippen LogP contribution in [0, 0.1) is 0 Å². The monoisotopic (exact) mass is 440 g/mol. The molecule has 1 N–H and O–H groups in total. The van der Waals surface area contributed by atoms with Gasteiger partial charge in [-0.1, -0.05) is 36.0 Å². The average Bonchev–Trinajstić information content (AvgIpc) is 3.26. The standard InChI is InChI=1S/C21H30Cl2N4O2/c22-19-6-5-16(13-20(19)23)24-21(28)26-9-7-25(8-10-26)14-18-15-27(11-12-29-18)17-3-1-2-4-17/h5-6,13,17-18H,1-4,7-12,14-15H2,(H,24,28)/t18-/m0/s1. The molecule has 2 heterocycles. The van der Waals surface area contributed by atoms with Crippen LogP contribution in [0.3, 0.4) is 0 Å². The van der Waals surface area contributed by atoms with Crippen LogP contribution in [0.2, 0.25) is 10.0 Å². The lowest BCUT2D eigenvalue weighted by Crippen LogP contribution is -2.55. The molecule has 160 valence electrons. The van der Waals surface area contributed by atoms with Gasteiger partial charge in [-0.05, 0) is 31.0 Å². The zero-order chi connectivity index (χ0) is 20.2. The van der Waals surface area contributed by atoms with E-state index in [0.29, 0.717) is 28.8 Å². The molecule has 2 saturated heterocycles. The molecule has 2 aliphatic heterocycles. The zero-order valence-corrected chi connectivity index (χ0v) is 18.3. The van der Waals surface area contributed by atoms with Crippen LogP contribution in [0.25, 0.3) is 0 Å². The van der Waals surface area contributed by atoms with Crippen molar-refractivity contribution in [1.82, 2.24) is 14.7 Å². The van der Waals surface area contributed by atoms with Crippen molar-refractivity contribution in [3.63, 3.8) is 0 Å². The minimum Gasteiger partial charge on any atom is -0.374 e. The van der Waals surface area contributed by atoms with Gasteiger partial charge >= 0.3 is 6.03 Å². The number of nitrogens with one attached hydrogen (secondary N) is 1. The summed E-state index contributed by atoms with van der Waals surface area (Å²) in [6.45, 7) is 7.08. The summed E-state index contributed by atoms with van der Waals surface area (Å²) < 4.78 is 6.05. The van der Waals surface area contributed by atoms with E-state index in [0.717, 1.165) is 45.4 Å². The van der Waals surface area contributed by atoms with Gasteiger partial charge in [0, 0.05) is 57.5 Å². The van der Waals surface area contributed by atoms with Crippen molar-refractivity contribution in [2.45, 2.75) is 37.8 Å². The van der Waals surface area contributed by atoms with Crippen molar-refractivity contribution < 1.29 is 9.53 Å². The van der Waals surface area contributed by atoms with E-state index in [9.17, 15) is 4.79 Å². The van der Waals surface area contributed by atoms with E-state index in [1.807, 2.05) is 4.90 Å². The number of rotatable bonds is 4. The summed E-state index contributed by atoms with van der Waals surface area (Å²) in [7, 11) is 0. The smallest absolute Gasteiger partial charge is 0.321 e. The maximum atomic E-state index is 12.5. The molecule has 1 aromatic rings. The second kappa shape index (κ2) is 9.84. The Kier molecular flexibility index (Phi) is 7.19. The number of morpholine rings is 1. The van der Waals surface area contributed by atoms with Gasteiger partial charge in [-0.15, -0.1) is 0 Å². The molecular weight excluding hydrogens is 411 g/mol. The van der Waals surface area contributed by atoms with Crippen LogP contribution >= 0.6 is 23.2 Å². The maximum Gasteiger partial charge on any atom is 0.321 e. The van der Waals surface area contributed by atoms with Gasteiger partial charge in [0.25, 0.3) is 0 Å². The average molecular weight is 441 g/mol. The van der Waals surface area contributed by atoms with E-state index in [-0.39, 0.29) is 12.1 Å². The fourth-order valence-corrected chi connectivity index (χ4v) is 4.95. The molecule has 29 heavy (non-hydrogen) atoms. The van der Waals surface area contributed by atoms with Crippen LogP contribution in [-0.4, -0.2) is 85.3 Å². The largest absolute Gasteiger partial charge is 0.374 e. The fraction of sp³-hybridized carbons (Fsp3) is 0.667. The number of ether oxygens (including phenoxy) is 1. The summed E-state index contributed by atoms with van der Waals surface area (Å²) >= 11 is 12.0. The molecule has 1 aromatic carbocycles. The Hall–Kier alpha value is -1.05. The first-order valence-corrected chi connectivity index (χ1v) is 11.4. The lowest BCUT2D eigenvalue weighted by molar-refractivity contribution is -0.0582. The Balaban J connectivity index is 1.21. The number of urea groups is 1. The molecule has 0 aromatic heterocycles. The van der Waals surface area contributed by atoms with Crippen LogP contribution in [0.5, 0.6) is 0 Å². The summed E-state index contributed by atoms with van der Waals surface area (Å²) in [5.41, 5.74) is 0.662. The highest BCUT2D eigenvalue weighted by atomic mass is 35.5. The Morgan fingerprint density at radius 3 is 2.55 bits per heavy atom. The SMILES string of the molecule is O=C(Nc1ccc(Cl)c(Cl)c1)N1CCN(C[C@H]2CN(C3CCCC3)CCO2)CC1. The van der Waals surface area contributed by atoms with Crippen LogP contribution in [0.4, 0.5) is 10.5 Å². The molecule has 8 heteroatoms. The number of carbonyl (C=O) groups is 1. The van der Waals surface area contributed by atoms with Crippen molar-refractivity contribution >= 4 is 34.9 Å². The molecule has 1 aliphatic carbocycles. The Labute approximate surface area is 183 Å². The van der Waals surface area contributed by atoms with Gasteiger partial charge in [-0.2, -0.15) is 0 Å². The van der Waals surface area contributed by atoms with Crippen molar-refractivity contribution in [3.05, 3.63) is 28.2 Å². The predicted octanol–water partition coefficient (Wildman–Crippen LogP) is 3.79. The molecule has 0 spiro atoms. The summed E-state index contributed by atoms with van der Waals surface area (Å²) in [4.78, 5) is 19.5. The van der Waals surface area contributed by atoms with E-state index in [1.165, 1.54) is 25.7 Å². The van der Waals surface area contributed by atoms with Gasteiger partial charge in [-0.25, -0.2) is 4.79 Å². The minimum atomic E-state index is -0.0932. The fourth-order valence-electron chi connectivity index (χ4n) is 4.65. The predicted molar refractivity (Wildman–Crippen MR) is 117 cm³/mol. The van der Waals surface area contributed by atoms with Crippen LogP contribution in [-0.2, 0) is 4.74 Å². The second-order valence-electron chi connectivity index (χ2n) is 8.27. The Morgan fingerprint density at radius 2 is 1.83 bits per heavy atom. The third kappa shape index (κ3) is 5.56. The second-order valence-corrected chi connectivity index (χ2v) is 9.09. The quantitative estimate of drug-likeness (QED) is 0.773. The molecule has 0 bridgehead atoms. The number of benzene rings is 1. The van der Waals surface area contributed by atoms with Crippen molar-refractivity contribution in [2.75, 3.05) is 57.7 Å². The van der Waals surface area contributed by atoms with Gasteiger partial charge in [0.05, 0.1) is 22.8 Å². The zero-order valence-electron chi connectivity index (χ0n) is 16.8. The highest BCUT2D eigenvalue weighted by Crippen LogP contribution is 2.26. The summed E-state index contributed by atoms with van der Waals surface area (Å²) in [5, 5.41) is 3.83. The molecule has 2 amide bonds. The highest BCUT2D eigenvalue weighted by Gasteiger charge is 2.30. The van der Waals surface area contributed by atoms with E-state index in [4.69, 9.17) is 27.9 Å². The molecule has 0 unspecified atom stereocenters. The number of halogens is 2. The van der Waals surface area contributed by atoms with Gasteiger partial charge in [0.1, 0.15) is 0 Å². The lowest BCUT2D eigenvalue weighted by atomic mass is 10.1. The van der Waals surface area contributed by atoms with Crippen LogP contribution in [0.1, 0.15) is 25.7 Å². The molecule has 1 saturated carbocycles. The maximum absolute atomic E-state index is 12.5. The van der Waals surface area contributed by atoms with Crippen LogP contribution < -0.4 is 5.32 Å². The minimum absolute atomic E-state index is 0.0932. The Morgan fingerprint density at radius 1 is 1.07 bits per heavy atom. The van der Waals surface area contributed by atoms with Gasteiger partial charge in [0.2, 0.25) is 0 Å². The number of hydrogen-bond donors (Lipinski definition) is 1. The summed E-state index contributed by atoms with van der Waals surface area (Å²) in [6, 6.07) is 5.80. The lowest BCUT2D eigenvalue weighted by Gasteiger charge is -2.40. The summed E-state index contributed by atoms with van der Waals surface area (Å²) in [6.07, 6.45) is 5.72. The van der Waals surface area contributed by atoms with Gasteiger partial charge < -0.3 is 15.0 Å². The number of hydrogen-bond acceptors (Lipinski definition) is 4.